The molecule has 0 spiro atoms. The predicted molar refractivity (Wildman–Crippen MR) is 68.9 cm³/mol. The molecule has 0 N–H and O–H groups in total. The van der Waals surface area contributed by atoms with E-state index in [0.717, 1.165) is 13.0 Å². The van der Waals surface area contributed by atoms with Crippen LogP contribution in [0, 0.1) is 0 Å². The molecular formula is C13H26O5. The third-order valence-electron chi connectivity index (χ3n) is 2.06. The van der Waals surface area contributed by atoms with Crippen molar-refractivity contribution in [2.24, 2.45) is 0 Å². The van der Waals surface area contributed by atoms with E-state index in [9.17, 15) is 4.79 Å². The summed E-state index contributed by atoms with van der Waals surface area (Å²) >= 11 is 0. The minimum Gasteiger partial charge on any atom is -0.379 e. The van der Waals surface area contributed by atoms with Crippen molar-refractivity contribution < 1.29 is 23.7 Å². The Bertz CT molecular complexity index is 184. The zero-order valence-corrected chi connectivity index (χ0v) is 11.6. The molecule has 108 valence electrons. The van der Waals surface area contributed by atoms with Crippen LogP contribution in [-0.2, 0) is 23.7 Å². The summed E-state index contributed by atoms with van der Waals surface area (Å²) < 4.78 is 21.1. The summed E-state index contributed by atoms with van der Waals surface area (Å²) in [6, 6.07) is 0. The molecule has 18 heavy (non-hydrogen) atoms. The average molecular weight is 262 g/mol. The van der Waals surface area contributed by atoms with Gasteiger partial charge >= 0.3 is 0 Å². The van der Waals surface area contributed by atoms with E-state index in [0.29, 0.717) is 52.7 Å². The zero-order chi connectivity index (χ0) is 13.5. The second-order valence-electron chi connectivity index (χ2n) is 3.90. The van der Waals surface area contributed by atoms with Gasteiger partial charge in [-0.25, -0.2) is 0 Å². The molecular weight excluding hydrogens is 236 g/mol. The molecule has 0 rings (SSSR count). The number of ketones is 1. The molecule has 0 saturated carbocycles. The van der Waals surface area contributed by atoms with Crippen molar-refractivity contribution in [3.63, 3.8) is 0 Å². The molecule has 0 aliphatic heterocycles. The Labute approximate surface area is 110 Å². The van der Waals surface area contributed by atoms with Gasteiger partial charge < -0.3 is 18.9 Å². The van der Waals surface area contributed by atoms with Crippen LogP contribution in [0.3, 0.4) is 0 Å². The lowest BCUT2D eigenvalue weighted by atomic mass is 10.3. The molecule has 0 aliphatic carbocycles. The molecule has 0 radical (unpaired) electrons. The minimum absolute atomic E-state index is 0.148. The number of hydrogen-bond donors (Lipinski definition) is 0. The van der Waals surface area contributed by atoms with Crippen LogP contribution in [-0.4, -0.2) is 58.6 Å². The van der Waals surface area contributed by atoms with Gasteiger partial charge in [0.1, 0.15) is 5.78 Å². The Morgan fingerprint density at radius 1 is 0.722 bits per heavy atom. The highest BCUT2D eigenvalue weighted by molar-refractivity contribution is 5.75. The molecule has 0 aromatic rings. The number of Topliss-reactive ketones (excluding diaryl/α,β-unsaturated/α-hetero) is 1. The Morgan fingerprint density at radius 3 is 1.50 bits per heavy atom. The van der Waals surface area contributed by atoms with Crippen LogP contribution < -0.4 is 0 Å². The highest BCUT2D eigenvalue weighted by Gasteiger charge is 1.94. The molecule has 0 fully saturated rings. The van der Waals surface area contributed by atoms with E-state index in [-0.39, 0.29) is 5.78 Å². The molecule has 0 aliphatic rings. The van der Waals surface area contributed by atoms with Gasteiger partial charge in [-0.15, -0.1) is 0 Å². The molecule has 5 nitrogen and oxygen atoms in total. The van der Waals surface area contributed by atoms with E-state index >= 15 is 0 Å². The van der Waals surface area contributed by atoms with Crippen LogP contribution in [0.1, 0.15) is 26.7 Å². The van der Waals surface area contributed by atoms with E-state index in [4.69, 9.17) is 18.9 Å². The number of hydrogen-bond acceptors (Lipinski definition) is 5. The zero-order valence-electron chi connectivity index (χ0n) is 11.6. The molecule has 5 heteroatoms. The highest BCUT2D eigenvalue weighted by Crippen LogP contribution is 1.86. The van der Waals surface area contributed by atoms with Gasteiger partial charge in [0.15, 0.2) is 0 Å². The van der Waals surface area contributed by atoms with Crippen LogP contribution in [0.15, 0.2) is 0 Å². The standard InChI is InChI=1S/C13H26O5/c1-3-5-15-7-9-17-11-12-18-10-8-16-6-4-13(2)14/h3-12H2,1-2H3. The third-order valence-corrected chi connectivity index (χ3v) is 2.06. The highest BCUT2D eigenvalue weighted by atomic mass is 16.6. The van der Waals surface area contributed by atoms with Crippen LogP contribution in [0.5, 0.6) is 0 Å². The van der Waals surface area contributed by atoms with E-state index < -0.39 is 0 Å². The Balaban J connectivity index is 2.92. The van der Waals surface area contributed by atoms with Crippen LogP contribution >= 0.6 is 0 Å². The number of ether oxygens (including phenoxy) is 4. The quantitative estimate of drug-likeness (QED) is 0.443. The molecule has 0 heterocycles. The average Bonchev–Trinajstić information content (AvgIpc) is 2.34. The maximum Gasteiger partial charge on any atom is 0.132 e. The topological polar surface area (TPSA) is 54.0 Å². The van der Waals surface area contributed by atoms with E-state index in [1.54, 1.807) is 6.92 Å². The van der Waals surface area contributed by atoms with Crippen molar-refractivity contribution in [1.82, 2.24) is 0 Å². The van der Waals surface area contributed by atoms with Crippen LogP contribution in [0.2, 0.25) is 0 Å². The lowest BCUT2D eigenvalue weighted by molar-refractivity contribution is -0.118. The minimum atomic E-state index is 0.148. The van der Waals surface area contributed by atoms with Gasteiger partial charge in [-0.1, -0.05) is 6.92 Å². The van der Waals surface area contributed by atoms with Gasteiger partial charge in [0.25, 0.3) is 0 Å². The lowest BCUT2D eigenvalue weighted by Gasteiger charge is -2.06. The summed E-state index contributed by atoms with van der Waals surface area (Å²) in [5.41, 5.74) is 0. The first kappa shape index (κ1) is 17.5. The molecule has 0 aromatic heterocycles. The second kappa shape index (κ2) is 14.6. The maximum atomic E-state index is 10.6. The summed E-state index contributed by atoms with van der Waals surface area (Å²) in [4.78, 5) is 10.6. The van der Waals surface area contributed by atoms with E-state index in [1.165, 1.54) is 0 Å². The summed E-state index contributed by atoms with van der Waals surface area (Å²) in [5, 5.41) is 0. The largest absolute Gasteiger partial charge is 0.379 e. The first-order valence-electron chi connectivity index (χ1n) is 6.57. The van der Waals surface area contributed by atoms with Gasteiger partial charge in [-0.05, 0) is 13.3 Å². The fourth-order valence-electron chi connectivity index (χ4n) is 1.12. The van der Waals surface area contributed by atoms with Crippen LogP contribution in [0.25, 0.3) is 0 Å². The fraction of sp³-hybridized carbons (Fsp3) is 0.923. The SMILES string of the molecule is CCCOCCOCCOCCOCCC(C)=O. The number of carbonyl (C=O) groups is 1. The van der Waals surface area contributed by atoms with Crippen molar-refractivity contribution in [3.8, 4) is 0 Å². The van der Waals surface area contributed by atoms with Crippen molar-refractivity contribution in [3.05, 3.63) is 0 Å². The smallest absolute Gasteiger partial charge is 0.132 e. The summed E-state index contributed by atoms with van der Waals surface area (Å²) in [6.07, 6.45) is 1.51. The Morgan fingerprint density at radius 2 is 1.11 bits per heavy atom. The first-order valence-corrected chi connectivity index (χ1v) is 6.57. The van der Waals surface area contributed by atoms with Crippen molar-refractivity contribution in [2.75, 3.05) is 52.9 Å². The van der Waals surface area contributed by atoms with Crippen molar-refractivity contribution >= 4 is 5.78 Å². The van der Waals surface area contributed by atoms with Gasteiger partial charge in [0.2, 0.25) is 0 Å². The van der Waals surface area contributed by atoms with Gasteiger partial charge in [-0.2, -0.15) is 0 Å². The fourth-order valence-corrected chi connectivity index (χ4v) is 1.12. The maximum absolute atomic E-state index is 10.6. The van der Waals surface area contributed by atoms with E-state index in [1.807, 2.05) is 0 Å². The molecule has 0 bridgehead atoms. The molecule has 0 aromatic carbocycles. The van der Waals surface area contributed by atoms with Crippen molar-refractivity contribution in [2.45, 2.75) is 26.7 Å². The molecule has 0 unspecified atom stereocenters. The summed E-state index contributed by atoms with van der Waals surface area (Å²) in [5.74, 6) is 0.148. The third kappa shape index (κ3) is 15.5. The summed E-state index contributed by atoms with van der Waals surface area (Å²) in [7, 11) is 0. The number of rotatable bonds is 14. The van der Waals surface area contributed by atoms with Crippen molar-refractivity contribution in [1.29, 1.82) is 0 Å². The molecule has 0 amide bonds. The van der Waals surface area contributed by atoms with Crippen LogP contribution in [0.4, 0.5) is 0 Å². The lowest BCUT2D eigenvalue weighted by Crippen LogP contribution is -2.12. The van der Waals surface area contributed by atoms with Gasteiger partial charge in [-0.3, -0.25) is 4.79 Å². The van der Waals surface area contributed by atoms with Gasteiger partial charge in [0, 0.05) is 13.0 Å². The molecule has 0 saturated heterocycles. The number of carbonyl (C=O) groups excluding carboxylic acids is 1. The normalized spacial score (nSPS) is 10.8. The predicted octanol–water partition coefficient (Wildman–Crippen LogP) is 1.44. The first-order chi connectivity index (χ1) is 8.77. The second-order valence-corrected chi connectivity index (χ2v) is 3.90. The molecule has 0 atom stereocenters. The Hall–Kier alpha value is -0.490. The Kier molecular flexibility index (Phi) is 14.2. The monoisotopic (exact) mass is 262 g/mol. The summed E-state index contributed by atoms with van der Waals surface area (Å²) in [6.45, 7) is 8.34. The van der Waals surface area contributed by atoms with E-state index in [2.05, 4.69) is 6.92 Å². The van der Waals surface area contributed by atoms with Gasteiger partial charge in [0.05, 0.1) is 46.2 Å².